The molecule has 0 bridgehead atoms. The molecule has 0 saturated carbocycles. The van der Waals surface area contributed by atoms with Gasteiger partial charge in [-0.2, -0.15) is 0 Å². The van der Waals surface area contributed by atoms with Gasteiger partial charge in [-0.1, -0.05) is 48.5 Å². The highest BCUT2D eigenvalue weighted by molar-refractivity contribution is 6.04. The first-order valence-electron chi connectivity index (χ1n) is 8.41. The van der Waals surface area contributed by atoms with Crippen molar-refractivity contribution in [1.29, 1.82) is 0 Å². The van der Waals surface area contributed by atoms with Crippen molar-refractivity contribution < 1.29 is 9.59 Å². The molecule has 1 heterocycles. The molecule has 4 heteroatoms. The van der Waals surface area contributed by atoms with E-state index in [1.165, 1.54) is 0 Å². The number of amides is 2. The molecule has 24 heavy (non-hydrogen) atoms. The number of rotatable bonds is 5. The number of hydrogen-bond donors (Lipinski definition) is 0. The molecule has 0 aliphatic carbocycles. The van der Waals surface area contributed by atoms with E-state index in [0.717, 1.165) is 37.2 Å². The largest absolute Gasteiger partial charge is 0.342 e. The average Bonchev–Trinajstić information content (AvgIpc) is 3.16. The van der Waals surface area contributed by atoms with Gasteiger partial charge in [0.2, 0.25) is 11.8 Å². The Hall–Kier alpha value is -2.62. The predicted molar refractivity (Wildman–Crippen MR) is 94.5 cm³/mol. The van der Waals surface area contributed by atoms with Gasteiger partial charge in [0.05, 0.1) is 6.54 Å². The second kappa shape index (κ2) is 7.77. The van der Waals surface area contributed by atoms with E-state index in [2.05, 4.69) is 0 Å². The van der Waals surface area contributed by atoms with Crippen LogP contribution in [0, 0.1) is 0 Å². The Bertz CT molecular complexity index is 679. The summed E-state index contributed by atoms with van der Waals surface area (Å²) in [5.74, 6) is -0.214. The lowest BCUT2D eigenvalue weighted by Gasteiger charge is -2.24. The molecule has 0 radical (unpaired) electrons. The fourth-order valence-electron chi connectivity index (χ4n) is 3.00. The molecule has 0 spiro atoms. The van der Waals surface area contributed by atoms with Crippen molar-refractivity contribution in [1.82, 2.24) is 4.90 Å². The van der Waals surface area contributed by atoms with Crippen LogP contribution in [-0.4, -0.2) is 29.8 Å². The maximum atomic E-state index is 12.8. The fourth-order valence-corrected chi connectivity index (χ4v) is 3.00. The van der Waals surface area contributed by atoms with Gasteiger partial charge in [-0.3, -0.25) is 9.59 Å². The van der Waals surface area contributed by atoms with Gasteiger partial charge in [-0.05, 0) is 30.5 Å². The maximum Gasteiger partial charge on any atom is 0.236 e. The van der Waals surface area contributed by atoms with Crippen LogP contribution in [-0.2, 0) is 16.1 Å². The molecule has 4 nitrogen and oxygen atoms in total. The number of hydrogen-bond acceptors (Lipinski definition) is 2. The predicted octanol–water partition coefficient (Wildman–Crippen LogP) is 3.23. The van der Waals surface area contributed by atoms with Gasteiger partial charge in [-0.25, -0.2) is 0 Å². The Labute approximate surface area is 142 Å². The zero-order chi connectivity index (χ0) is 16.8. The summed E-state index contributed by atoms with van der Waals surface area (Å²) in [6.45, 7) is 2.02. The van der Waals surface area contributed by atoms with Crippen LogP contribution in [0.25, 0.3) is 0 Å². The van der Waals surface area contributed by atoms with Crippen LogP contribution in [0.15, 0.2) is 60.7 Å². The van der Waals surface area contributed by atoms with Crippen LogP contribution >= 0.6 is 0 Å². The molecule has 0 aromatic heterocycles. The van der Waals surface area contributed by atoms with Crippen molar-refractivity contribution in [2.45, 2.75) is 25.8 Å². The number of benzene rings is 2. The van der Waals surface area contributed by atoms with Crippen molar-refractivity contribution in [2.24, 2.45) is 0 Å². The van der Waals surface area contributed by atoms with E-state index < -0.39 is 0 Å². The molecule has 3 rings (SSSR count). The molecular weight excluding hydrogens is 300 g/mol. The van der Waals surface area contributed by atoms with Crippen molar-refractivity contribution in [3.63, 3.8) is 0 Å². The van der Waals surface area contributed by atoms with Gasteiger partial charge in [0.1, 0.15) is 6.42 Å². The summed E-state index contributed by atoms with van der Waals surface area (Å²) >= 11 is 0. The number of likely N-dealkylation sites (tertiary alicyclic amines) is 1. The Morgan fingerprint density at radius 1 is 0.875 bits per heavy atom. The van der Waals surface area contributed by atoms with Crippen LogP contribution in [0.2, 0.25) is 0 Å². The zero-order valence-electron chi connectivity index (χ0n) is 13.7. The molecular formula is C20H22N2O2. The summed E-state index contributed by atoms with van der Waals surface area (Å²) in [5, 5.41) is 0. The van der Waals surface area contributed by atoms with Crippen molar-refractivity contribution >= 4 is 17.5 Å². The highest BCUT2D eigenvalue weighted by atomic mass is 16.2. The quantitative estimate of drug-likeness (QED) is 0.793. The summed E-state index contributed by atoms with van der Waals surface area (Å²) in [7, 11) is 0. The lowest BCUT2D eigenvalue weighted by Crippen LogP contribution is -2.36. The van der Waals surface area contributed by atoms with Crippen LogP contribution < -0.4 is 4.90 Å². The Kier molecular flexibility index (Phi) is 5.26. The van der Waals surface area contributed by atoms with Crippen molar-refractivity contribution in [3.05, 3.63) is 66.2 Å². The molecule has 0 unspecified atom stereocenters. The van der Waals surface area contributed by atoms with Gasteiger partial charge in [0.25, 0.3) is 0 Å². The third-order valence-electron chi connectivity index (χ3n) is 4.31. The lowest BCUT2D eigenvalue weighted by atomic mass is 10.1. The smallest absolute Gasteiger partial charge is 0.236 e. The summed E-state index contributed by atoms with van der Waals surface area (Å²) in [4.78, 5) is 28.6. The van der Waals surface area contributed by atoms with E-state index in [1.54, 1.807) is 9.80 Å². The number of para-hydroxylation sites is 1. The standard InChI is InChI=1S/C20H22N2O2/c23-19(21-13-7-8-14-21)15-20(24)22(18-11-5-2-6-12-18)16-17-9-3-1-4-10-17/h1-6,9-12H,7-8,13-16H2. The van der Waals surface area contributed by atoms with Crippen LogP contribution in [0.3, 0.4) is 0 Å². The summed E-state index contributed by atoms with van der Waals surface area (Å²) in [6.07, 6.45) is 2.00. The maximum absolute atomic E-state index is 12.8. The monoisotopic (exact) mass is 322 g/mol. The van der Waals surface area contributed by atoms with Crippen LogP contribution in [0.1, 0.15) is 24.8 Å². The number of anilines is 1. The Balaban J connectivity index is 1.76. The number of carbonyl (C=O) groups is 2. The van der Waals surface area contributed by atoms with Gasteiger partial charge < -0.3 is 9.80 Å². The molecule has 0 atom stereocenters. The van der Waals surface area contributed by atoms with E-state index in [4.69, 9.17) is 0 Å². The third-order valence-corrected chi connectivity index (χ3v) is 4.31. The van der Waals surface area contributed by atoms with Gasteiger partial charge in [-0.15, -0.1) is 0 Å². The Morgan fingerprint density at radius 2 is 1.46 bits per heavy atom. The van der Waals surface area contributed by atoms with E-state index in [-0.39, 0.29) is 18.2 Å². The SMILES string of the molecule is O=C(CC(=O)N(Cc1ccccc1)c1ccccc1)N1CCCC1. The van der Waals surface area contributed by atoms with Crippen LogP contribution in [0.5, 0.6) is 0 Å². The first kappa shape index (κ1) is 16.2. The van der Waals surface area contributed by atoms with Gasteiger partial charge >= 0.3 is 0 Å². The minimum Gasteiger partial charge on any atom is -0.342 e. The second-order valence-corrected chi connectivity index (χ2v) is 6.07. The minimum atomic E-state index is -0.151. The molecule has 1 saturated heterocycles. The Morgan fingerprint density at radius 3 is 2.08 bits per heavy atom. The highest BCUT2D eigenvalue weighted by Crippen LogP contribution is 2.19. The zero-order valence-corrected chi connectivity index (χ0v) is 13.7. The van der Waals surface area contributed by atoms with E-state index in [1.807, 2.05) is 60.7 Å². The average molecular weight is 322 g/mol. The van der Waals surface area contributed by atoms with Gasteiger partial charge in [0.15, 0.2) is 0 Å². The second-order valence-electron chi connectivity index (χ2n) is 6.07. The topological polar surface area (TPSA) is 40.6 Å². The minimum absolute atomic E-state index is 0.0634. The summed E-state index contributed by atoms with van der Waals surface area (Å²) in [6, 6.07) is 19.4. The molecule has 2 aromatic rings. The van der Waals surface area contributed by atoms with Gasteiger partial charge in [0, 0.05) is 18.8 Å². The molecule has 2 aromatic carbocycles. The van der Waals surface area contributed by atoms with Crippen LogP contribution in [0.4, 0.5) is 5.69 Å². The van der Waals surface area contributed by atoms with Crippen molar-refractivity contribution in [2.75, 3.05) is 18.0 Å². The summed E-state index contributed by atoms with van der Waals surface area (Å²) < 4.78 is 0. The molecule has 0 N–H and O–H groups in total. The number of nitrogens with zero attached hydrogens (tertiary/aromatic N) is 2. The molecule has 124 valence electrons. The first-order valence-corrected chi connectivity index (χ1v) is 8.41. The van der Waals surface area contributed by atoms with E-state index >= 15 is 0 Å². The lowest BCUT2D eigenvalue weighted by molar-refractivity contribution is -0.134. The summed E-state index contributed by atoms with van der Waals surface area (Å²) in [5.41, 5.74) is 1.86. The number of carbonyl (C=O) groups excluding carboxylic acids is 2. The third kappa shape index (κ3) is 4.02. The first-order chi connectivity index (χ1) is 11.7. The van der Waals surface area contributed by atoms with E-state index in [9.17, 15) is 9.59 Å². The molecule has 1 aliphatic heterocycles. The molecule has 1 aliphatic rings. The fraction of sp³-hybridized carbons (Fsp3) is 0.300. The molecule has 1 fully saturated rings. The molecule has 2 amide bonds. The van der Waals surface area contributed by atoms with Crippen molar-refractivity contribution in [3.8, 4) is 0 Å². The highest BCUT2D eigenvalue weighted by Gasteiger charge is 2.24. The normalized spacial score (nSPS) is 13.8. The van der Waals surface area contributed by atoms with E-state index in [0.29, 0.717) is 6.54 Å².